The molecule has 6 nitrogen and oxygen atoms in total. The minimum absolute atomic E-state index is 0.0984. The maximum atomic E-state index is 13.9. The second kappa shape index (κ2) is 6.13. The predicted octanol–water partition coefficient (Wildman–Crippen LogP) is 4.47. The van der Waals surface area contributed by atoms with E-state index in [1.165, 1.54) is 11.0 Å². The largest absolute Gasteiger partial charge is 0.274 e. The molecule has 0 saturated carbocycles. The van der Waals surface area contributed by atoms with Gasteiger partial charge in [-0.3, -0.25) is 19.7 Å². The zero-order valence-corrected chi connectivity index (χ0v) is 17.6. The summed E-state index contributed by atoms with van der Waals surface area (Å²) in [7, 11) is 0. The number of imide groups is 1. The minimum Gasteiger partial charge on any atom is -0.274 e. The number of carbonyl (C=O) groups excluding carboxylic acids is 2. The van der Waals surface area contributed by atoms with Crippen LogP contribution in [0.1, 0.15) is 40.7 Å². The number of hydrogen-bond acceptors (Lipinski definition) is 4. The Morgan fingerprint density at radius 3 is 2.09 bits per heavy atom. The van der Waals surface area contributed by atoms with E-state index in [2.05, 4.69) is 31.2 Å². The first-order valence-electron chi connectivity index (χ1n) is 10.7. The molecule has 7 rings (SSSR count). The molecule has 4 aliphatic rings. The highest BCUT2D eigenvalue weighted by Gasteiger charge is 2.66. The molecule has 158 valence electrons. The molecule has 0 radical (unpaired) electrons. The van der Waals surface area contributed by atoms with Gasteiger partial charge in [-0.15, -0.1) is 0 Å². The van der Waals surface area contributed by atoms with Crippen LogP contribution in [-0.4, -0.2) is 16.7 Å². The van der Waals surface area contributed by atoms with Crippen LogP contribution >= 0.6 is 0 Å². The van der Waals surface area contributed by atoms with E-state index >= 15 is 0 Å². The van der Waals surface area contributed by atoms with Gasteiger partial charge in [0, 0.05) is 23.0 Å². The Hall–Kier alpha value is -3.80. The number of benzene rings is 3. The molecule has 0 aromatic heterocycles. The third kappa shape index (κ3) is 2.09. The lowest BCUT2D eigenvalue weighted by atomic mass is 9.48. The maximum Gasteiger partial charge on any atom is 0.274 e. The Morgan fingerprint density at radius 1 is 0.906 bits per heavy atom. The van der Waals surface area contributed by atoms with Crippen molar-refractivity contribution in [3.8, 4) is 0 Å². The van der Waals surface area contributed by atoms with Gasteiger partial charge in [0.05, 0.1) is 22.4 Å². The monoisotopic (exact) mass is 424 g/mol. The minimum atomic E-state index is -0.648. The summed E-state index contributed by atoms with van der Waals surface area (Å²) in [6.45, 7) is 3.70. The van der Waals surface area contributed by atoms with Crippen molar-refractivity contribution in [2.75, 3.05) is 4.90 Å². The zero-order valence-electron chi connectivity index (χ0n) is 17.6. The fourth-order valence-corrected chi connectivity index (χ4v) is 6.34. The first-order valence-corrected chi connectivity index (χ1v) is 10.7. The number of nitrogens with zero attached hydrogens (tertiary/aromatic N) is 2. The molecule has 0 spiro atoms. The highest BCUT2D eigenvalue weighted by atomic mass is 16.6. The molecular formula is C26H20N2O4. The number of hydrogen-bond donors (Lipinski definition) is 0. The lowest BCUT2D eigenvalue weighted by Crippen LogP contribution is -2.51. The fourth-order valence-electron chi connectivity index (χ4n) is 6.34. The van der Waals surface area contributed by atoms with Crippen LogP contribution in [-0.2, 0) is 15.0 Å². The van der Waals surface area contributed by atoms with E-state index in [-0.39, 0.29) is 29.1 Å². The number of nitro benzene ring substituents is 1. The summed E-state index contributed by atoms with van der Waals surface area (Å²) in [4.78, 5) is 39.9. The summed E-state index contributed by atoms with van der Waals surface area (Å²) in [5.41, 5.74) is 4.36. The van der Waals surface area contributed by atoms with Crippen molar-refractivity contribution in [3.63, 3.8) is 0 Å². The van der Waals surface area contributed by atoms with Crippen LogP contribution in [0.4, 0.5) is 11.4 Å². The van der Waals surface area contributed by atoms with E-state index < -0.39 is 22.2 Å². The Balaban J connectivity index is 1.58. The first-order chi connectivity index (χ1) is 15.4. The van der Waals surface area contributed by atoms with Crippen molar-refractivity contribution in [1.82, 2.24) is 0 Å². The molecule has 0 unspecified atom stereocenters. The van der Waals surface area contributed by atoms with Crippen molar-refractivity contribution in [3.05, 3.63) is 105 Å². The Kier molecular flexibility index (Phi) is 3.62. The van der Waals surface area contributed by atoms with E-state index in [4.69, 9.17) is 0 Å². The number of carbonyl (C=O) groups is 2. The predicted molar refractivity (Wildman–Crippen MR) is 118 cm³/mol. The van der Waals surface area contributed by atoms with Gasteiger partial charge in [-0.2, -0.15) is 0 Å². The molecular weight excluding hydrogens is 404 g/mol. The number of anilines is 1. The van der Waals surface area contributed by atoms with Gasteiger partial charge in [0.2, 0.25) is 11.8 Å². The zero-order chi connectivity index (χ0) is 22.4. The summed E-state index contributed by atoms with van der Waals surface area (Å²) in [5.74, 6) is -1.85. The molecule has 1 fully saturated rings. The van der Waals surface area contributed by atoms with Crippen molar-refractivity contribution in [1.29, 1.82) is 0 Å². The molecule has 3 aromatic carbocycles. The normalized spacial score (nSPS) is 27.2. The summed E-state index contributed by atoms with van der Waals surface area (Å²) >= 11 is 0. The van der Waals surface area contributed by atoms with Crippen molar-refractivity contribution < 1.29 is 14.5 Å². The lowest BCUT2D eigenvalue weighted by molar-refractivity contribution is -0.385. The van der Waals surface area contributed by atoms with E-state index in [9.17, 15) is 19.7 Å². The molecule has 0 N–H and O–H groups in total. The SMILES string of the molecule is Cc1ccc(N2C(=O)[C@@H]3[C@@H](C2=O)C2c4ccccc4C3(C)c3ccccc32)cc1[N+](=O)[O-]. The molecule has 2 bridgehead atoms. The van der Waals surface area contributed by atoms with Crippen LogP contribution in [0.3, 0.4) is 0 Å². The van der Waals surface area contributed by atoms with E-state index in [1.807, 2.05) is 24.3 Å². The van der Waals surface area contributed by atoms with Gasteiger partial charge in [-0.05, 0) is 35.2 Å². The molecule has 2 amide bonds. The second-order valence-corrected chi connectivity index (χ2v) is 9.10. The molecule has 3 aromatic rings. The molecule has 2 atom stereocenters. The smallest absolute Gasteiger partial charge is 0.274 e. The Labute approximate surface area is 184 Å². The number of aryl methyl sites for hydroxylation is 1. The molecule has 32 heavy (non-hydrogen) atoms. The van der Waals surface area contributed by atoms with Gasteiger partial charge in [-0.1, -0.05) is 61.5 Å². The number of nitro groups is 1. The molecule has 1 heterocycles. The summed E-state index contributed by atoms with van der Waals surface area (Å²) < 4.78 is 0. The highest BCUT2D eigenvalue weighted by Crippen LogP contribution is 2.64. The average molecular weight is 424 g/mol. The van der Waals surface area contributed by atoms with Gasteiger partial charge in [0.25, 0.3) is 5.69 Å². The summed E-state index contributed by atoms with van der Waals surface area (Å²) in [6, 6.07) is 20.7. The van der Waals surface area contributed by atoms with Crippen LogP contribution in [0, 0.1) is 28.9 Å². The van der Waals surface area contributed by atoms with Crippen molar-refractivity contribution in [2.24, 2.45) is 11.8 Å². The molecule has 1 saturated heterocycles. The third-order valence-corrected chi connectivity index (χ3v) is 7.69. The van der Waals surface area contributed by atoms with Crippen LogP contribution in [0.2, 0.25) is 0 Å². The van der Waals surface area contributed by atoms with Gasteiger partial charge in [0.1, 0.15) is 0 Å². The van der Waals surface area contributed by atoms with Crippen LogP contribution < -0.4 is 4.90 Å². The van der Waals surface area contributed by atoms with E-state index in [0.717, 1.165) is 22.3 Å². The van der Waals surface area contributed by atoms with Gasteiger partial charge in [-0.25, -0.2) is 4.90 Å². The average Bonchev–Trinajstić information content (AvgIpc) is 3.06. The van der Waals surface area contributed by atoms with Crippen LogP contribution in [0.25, 0.3) is 0 Å². The standard InChI is InChI=1S/C26H20N2O4/c1-14-11-12-15(13-20(14)28(31)32)27-24(29)22-21-16-7-3-5-9-18(16)26(2,23(22)25(27)30)19-10-6-4-8-17(19)21/h3-13,21-23H,1-2H3/t21?,22-,23-,26?/m0/s1. The molecule has 6 heteroatoms. The van der Waals surface area contributed by atoms with Crippen LogP contribution in [0.5, 0.6) is 0 Å². The van der Waals surface area contributed by atoms with Crippen molar-refractivity contribution >= 4 is 23.2 Å². The highest BCUT2D eigenvalue weighted by molar-refractivity contribution is 6.23. The van der Waals surface area contributed by atoms with Crippen molar-refractivity contribution in [2.45, 2.75) is 25.2 Å². The van der Waals surface area contributed by atoms with Gasteiger partial charge >= 0.3 is 0 Å². The first kappa shape index (κ1) is 18.9. The quantitative estimate of drug-likeness (QED) is 0.345. The lowest BCUT2D eigenvalue weighted by Gasteiger charge is -2.52. The van der Waals surface area contributed by atoms with E-state index in [1.54, 1.807) is 19.1 Å². The molecule has 1 aliphatic heterocycles. The summed E-state index contributed by atoms with van der Waals surface area (Å²) in [6.07, 6.45) is 0. The van der Waals surface area contributed by atoms with Crippen LogP contribution in [0.15, 0.2) is 66.7 Å². The van der Waals surface area contributed by atoms with E-state index in [0.29, 0.717) is 5.56 Å². The summed E-state index contributed by atoms with van der Waals surface area (Å²) in [5, 5.41) is 11.5. The molecule has 3 aliphatic carbocycles. The fraction of sp³-hybridized carbons (Fsp3) is 0.231. The topological polar surface area (TPSA) is 80.5 Å². The Bertz CT molecular complexity index is 1310. The maximum absolute atomic E-state index is 13.9. The number of amides is 2. The second-order valence-electron chi connectivity index (χ2n) is 9.10. The number of rotatable bonds is 2. The Morgan fingerprint density at radius 2 is 1.50 bits per heavy atom. The van der Waals surface area contributed by atoms with Gasteiger partial charge in [0.15, 0.2) is 0 Å². The third-order valence-electron chi connectivity index (χ3n) is 7.69. The van der Waals surface area contributed by atoms with Gasteiger partial charge < -0.3 is 0 Å².